The maximum Gasteiger partial charge on any atom is 0.269 e. The monoisotopic (exact) mass is 321 g/mol. The zero-order valence-corrected chi connectivity index (χ0v) is 11.7. The van der Waals surface area contributed by atoms with Gasteiger partial charge >= 0.3 is 0 Å². The zero-order valence-electron chi connectivity index (χ0n) is 10.9. The van der Waals surface area contributed by atoms with Gasteiger partial charge < -0.3 is 9.90 Å². The molecule has 0 heterocycles. The van der Waals surface area contributed by atoms with Crippen molar-refractivity contribution in [3.05, 3.63) is 64.2 Å². The Hall–Kier alpha value is -2.94. The van der Waals surface area contributed by atoms with E-state index in [1.807, 2.05) is 0 Å². The maximum atomic E-state index is 12.1. The number of benzene rings is 2. The summed E-state index contributed by atoms with van der Waals surface area (Å²) in [4.78, 5) is 20.3. The van der Waals surface area contributed by atoms with Gasteiger partial charge in [0.05, 0.1) is 15.8 Å². The molecule has 2 aromatic carbocycles. The van der Waals surface area contributed by atoms with Crippen LogP contribution < -0.4 is 9.83 Å². The van der Waals surface area contributed by atoms with E-state index in [0.717, 1.165) is 24.3 Å². The number of nitro groups is 1. The number of non-ortho nitro benzene ring substituents is 1. The second kappa shape index (κ2) is 5.82. The molecule has 0 atom stereocenters. The van der Waals surface area contributed by atoms with Gasteiger partial charge in [-0.1, -0.05) is 12.1 Å². The van der Waals surface area contributed by atoms with Crippen LogP contribution in [0.2, 0.25) is 0 Å². The molecule has 114 valence electrons. The number of carbonyl (C=O) groups excluding carboxylic acids is 1. The van der Waals surface area contributed by atoms with Crippen molar-refractivity contribution in [2.24, 2.45) is 0 Å². The molecule has 0 bridgehead atoms. The van der Waals surface area contributed by atoms with Crippen LogP contribution in [0.5, 0.6) is 0 Å². The molecule has 0 aliphatic rings. The molecule has 0 amide bonds. The Morgan fingerprint density at radius 3 is 2.00 bits per heavy atom. The molecular formula is C13H9N2O6S-. The Labute approximate surface area is 125 Å². The fourth-order valence-electron chi connectivity index (χ4n) is 1.64. The number of carboxylic acid groups (broad SMARTS) is 1. The molecule has 2 rings (SSSR count). The first-order valence-electron chi connectivity index (χ1n) is 5.88. The van der Waals surface area contributed by atoms with E-state index >= 15 is 0 Å². The summed E-state index contributed by atoms with van der Waals surface area (Å²) in [6, 6.07) is 9.31. The number of sulfonamides is 1. The van der Waals surface area contributed by atoms with Gasteiger partial charge in [-0.3, -0.25) is 14.8 Å². The molecule has 0 spiro atoms. The highest BCUT2D eigenvalue weighted by Crippen LogP contribution is 2.19. The van der Waals surface area contributed by atoms with Crippen molar-refractivity contribution in [2.45, 2.75) is 4.90 Å². The molecule has 0 aromatic heterocycles. The van der Waals surface area contributed by atoms with E-state index in [-0.39, 0.29) is 21.8 Å². The highest BCUT2D eigenvalue weighted by Gasteiger charge is 2.16. The second-order valence-corrected chi connectivity index (χ2v) is 5.90. The number of hydrogen-bond acceptors (Lipinski definition) is 6. The van der Waals surface area contributed by atoms with Crippen molar-refractivity contribution < 1.29 is 23.2 Å². The third-order valence-electron chi connectivity index (χ3n) is 2.73. The number of aromatic carboxylic acids is 1. The fraction of sp³-hybridized carbons (Fsp3) is 0. The van der Waals surface area contributed by atoms with E-state index in [4.69, 9.17) is 0 Å². The van der Waals surface area contributed by atoms with Gasteiger partial charge in [-0.25, -0.2) is 8.42 Å². The Kier molecular flexibility index (Phi) is 4.08. The van der Waals surface area contributed by atoms with E-state index in [9.17, 15) is 28.4 Å². The minimum atomic E-state index is -3.92. The highest BCUT2D eigenvalue weighted by atomic mass is 32.2. The lowest BCUT2D eigenvalue weighted by molar-refractivity contribution is -0.384. The third-order valence-corrected chi connectivity index (χ3v) is 4.13. The number of nitro benzene ring substituents is 1. The van der Waals surface area contributed by atoms with E-state index in [1.54, 1.807) is 0 Å². The van der Waals surface area contributed by atoms with Gasteiger partial charge in [0.1, 0.15) is 0 Å². The SMILES string of the molecule is O=C([O-])c1ccc(NS(=O)(=O)c2ccc([N+](=O)[O-])cc2)cc1. The predicted octanol–water partition coefficient (Wildman–Crippen LogP) is 0.759. The number of rotatable bonds is 5. The van der Waals surface area contributed by atoms with Gasteiger partial charge in [-0.2, -0.15) is 0 Å². The Bertz CT molecular complexity index is 813. The molecule has 22 heavy (non-hydrogen) atoms. The molecule has 0 saturated heterocycles. The lowest BCUT2D eigenvalue weighted by Crippen LogP contribution is -2.22. The normalized spacial score (nSPS) is 10.9. The Balaban J connectivity index is 2.23. The van der Waals surface area contributed by atoms with Crippen molar-refractivity contribution in [3.8, 4) is 0 Å². The number of hydrogen-bond donors (Lipinski definition) is 1. The average Bonchev–Trinajstić information content (AvgIpc) is 2.47. The van der Waals surface area contributed by atoms with Crippen molar-refractivity contribution in [1.29, 1.82) is 0 Å². The van der Waals surface area contributed by atoms with Crippen LogP contribution in [0.25, 0.3) is 0 Å². The standard InChI is InChI=1S/C13H10N2O6S/c16-13(17)9-1-3-10(4-2-9)14-22(20,21)12-7-5-11(6-8-12)15(18)19/h1-8,14H,(H,16,17)/p-1. The second-order valence-electron chi connectivity index (χ2n) is 4.22. The molecule has 0 radical (unpaired) electrons. The molecule has 2 aromatic rings. The first kappa shape index (κ1) is 15.4. The van der Waals surface area contributed by atoms with E-state index in [1.165, 1.54) is 24.3 Å². The van der Waals surface area contributed by atoms with Gasteiger partial charge in [-0.05, 0) is 29.8 Å². The largest absolute Gasteiger partial charge is 0.545 e. The van der Waals surface area contributed by atoms with Crippen molar-refractivity contribution in [2.75, 3.05) is 4.72 Å². The minimum Gasteiger partial charge on any atom is -0.545 e. The van der Waals surface area contributed by atoms with Crippen molar-refractivity contribution >= 4 is 27.4 Å². The fourth-order valence-corrected chi connectivity index (χ4v) is 2.69. The predicted molar refractivity (Wildman–Crippen MR) is 74.7 cm³/mol. The number of nitrogens with one attached hydrogen (secondary N) is 1. The van der Waals surface area contributed by atoms with Crippen LogP contribution >= 0.6 is 0 Å². The van der Waals surface area contributed by atoms with Crippen molar-refractivity contribution in [3.63, 3.8) is 0 Å². The highest BCUT2D eigenvalue weighted by molar-refractivity contribution is 7.92. The molecule has 1 N–H and O–H groups in total. The summed E-state index contributed by atoms with van der Waals surface area (Å²) < 4.78 is 26.4. The molecule has 0 aliphatic carbocycles. The van der Waals surface area contributed by atoms with E-state index in [0.29, 0.717) is 0 Å². The first-order chi connectivity index (χ1) is 10.3. The molecule has 0 saturated carbocycles. The van der Waals surface area contributed by atoms with Crippen LogP contribution in [-0.4, -0.2) is 19.3 Å². The zero-order chi connectivity index (χ0) is 16.3. The molecule has 8 nitrogen and oxygen atoms in total. The molecule has 0 unspecified atom stereocenters. The first-order valence-corrected chi connectivity index (χ1v) is 7.36. The summed E-state index contributed by atoms with van der Waals surface area (Å²) in [5.74, 6) is -1.37. The van der Waals surface area contributed by atoms with Gasteiger partial charge in [-0.15, -0.1) is 0 Å². The molecule has 9 heteroatoms. The van der Waals surface area contributed by atoms with Gasteiger partial charge in [0, 0.05) is 17.8 Å². The van der Waals surface area contributed by atoms with Crippen LogP contribution in [0, 0.1) is 10.1 Å². The Morgan fingerprint density at radius 1 is 1.00 bits per heavy atom. The topological polar surface area (TPSA) is 129 Å². The molecular weight excluding hydrogens is 312 g/mol. The summed E-state index contributed by atoms with van der Waals surface area (Å²) in [7, 11) is -3.92. The quantitative estimate of drug-likeness (QED) is 0.639. The van der Waals surface area contributed by atoms with Gasteiger partial charge in [0.2, 0.25) is 0 Å². The van der Waals surface area contributed by atoms with Gasteiger partial charge in [0.25, 0.3) is 15.7 Å². The summed E-state index contributed by atoms with van der Waals surface area (Å²) in [5, 5.41) is 21.1. The summed E-state index contributed by atoms with van der Waals surface area (Å²) in [6.45, 7) is 0. The van der Waals surface area contributed by atoms with Crippen molar-refractivity contribution in [1.82, 2.24) is 0 Å². The summed E-state index contributed by atoms with van der Waals surface area (Å²) in [5.41, 5.74) is -0.154. The average molecular weight is 321 g/mol. The number of carbonyl (C=O) groups is 1. The van der Waals surface area contributed by atoms with E-state index < -0.39 is 20.9 Å². The van der Waals surface area contributed by atoms with Crippen LogP contribution in [-0.2, 0) is 10.0 Å². The van der Waals surface area contributed by atoms with Gasteiger partial charge in [0.15, 0.2) is 0 Å². The number of nitrogens with zero attached hydrogens (tertiary/aromatic N) is 1. The summed E-state index contributed by atoms with van der Waals surface area (Å²) >= 11 is 0. The molecule has 0 aliphatic heterocycles. The smallest absolute Gasteiger partial charge is 0.269 e. The van der Waals surface area contributed by atoms with Crippen LogP contribution in [0.15, 0.2) is 53.4 Å². The lowest BCUT2D eigenvalue weighted by atomic mass is 10.2. The third kappa shape index (κ3) is 3.38. The Morgan fingerprint density at radius 2 is 1.55 bits per heavy atom. The molecule has 0 fully saturated rings. The lowest BCUT2D eigenvalue weighted by Gasteiger charge is -2.09. The minimum absolute atomic E-state index is 0.0849. The van der Waals surface area contributed by atoms with Crippen LogP contribution in [0.4, 0.5) is 11.4 Å². The van der Waals surface area contributed by atoms with E-state index in [2.05, 4.69) is 4.72 Å². The van der Waals surface area contributed by atoms with Crippen LogP contribution in [0.1, 0.15) is 10.4 Å². The van der Waals surface area contributed by atoms with Crippen LogP contribution in [0.3, 0.4) is 0 Å². The maximum absolute atomic E-state index is 12.1. The summed E-state index contributed by atoms with van der Waals surface area (Å²) in [6.07, 6.45) is 0. The number of anilines is 1. The number of carboxylic acids is 1.